The molecule has 1 amide bonds. The molecule has 2 aliphatic rings. The Morgan fingerprint density at radius 2 is 1.93 bits per heavy atom. The summed E-state index contributed by atoms with van der Waals surface area (Å²) in [6, 6.07) is 9.79. The number of hydrogen-bond donors (Lipinski definition) is 0. The molecular formula is C19H22ClN5OS. The second-order valence-corrected chi connectivity index (χ2v) is 8.44. The van der Waals surface area contributed by atoms with E-state index < -0.39 is 5.38 Å². The van der Waals surface area contributed by atoms with Crippen molar-refractivity contribution < 1.29 is 4.79 Å². The number of amides is 1. The van der Waals surface area contributed by atoms with Gasteiger partial charge in [0, 0.05) is 26.2 Å². The number of alkyl halides is 1. The molecule has 2 saturated heterocycles. The van der Waals surface area contributed by atoms with Gasteiger partial charge in [0.05, 0.1) is 12.6 Å². The monoisotopic (exact) mass is 403 g/mol. The van der Waals surface area contributed by atoms with Gasteiger partial charge in [-0.25, -0.2) is 0 Å². The average Bonchev–Trinajstić information content (AvgIpc) is 3.14. The smallest absolute Gasteiger partial charge is 0.249 e. The summed E-state index contributed by atoms with van der Waals surface area (Å²) in [5.74, 6) is -0.110. The van der Waals surface area contributed by atoms with Crippen LogP contribution < -0.4 is 4.90 Å². The Hall–Kier alpha value is -1.80. The number of piperazine rings is 1. The van der Waals surface area contributed by atoms with Crippen LogP contribution in [-0.2, 0) is 11.3 Å². The first-order valence-electron chi connectivity index (χ1n) is 9.05. The third-order valence-corrected chi connectivity index (χ3v) is 6.33. The lowest BCUT2D eigenvalue weighted by Crippen LogP contribution is -2.61. The summed E-state index contributed by atoms with van der Waals surface area (Å²) >= 11 is 7.73. The van der Waals surface area contributed by atoms with Gasteiger partial charge >= 0.3 is 0 Å². The molecule has 0 bridgehead atoms. The van der Waals surface area contributed by atoms with Crippen molar-refractivity contribution in [2.24, 2.45) is 0 Å². The Morgan fingerprint density at radius 3 is 2.67 bits per heavy atom. The maximum absolute atomic E-state index is 12.3. The predicted octanol–water partition coefficient (Wildman–Crippen LogP) is 2.32. The molecule has 8 heteroatoms. The molecule has 142 valence electrons. The van der Waals surface area contributed by atoms with Gasteiger partial charge in [-0.2, -0.15) is 0 Å². The van der Waals surface area contributed by atoms with E-state index in [0.717, 1.165) is 43.3 Å². The number of likely N-dealkylation sites (N-methyl/N-ethyl adjacent to an activating group) is 1. The summed E-state index contributed by atoms with van der Waals surface area (Å²) in [5.41, 5.74) is 1.08. The minimum Gasteiger partial charge on any atom is -0.304 e. The molecule has 0 saturated carbocycles. The van der Waals surface area contributed by atoms with E-state index in [1.165, 1.54) is 11.3 Å². The third-order valence-electron chi connectivity index (χ3n) is 4.97. The van der Waals surface area contributed by atoms with Crippen molar-refractivity contribution in [3.63, 3.8) is 0 Å². The van der Waals surface area contributed by atoms with Crippen LogP contribution in [0.2, 0.25) is 0 Å². The molecule has 0 radical (unpaired) electrons. The average molecular weight is 404 g/mol. The van der Waals surface area contributed by atoms with Gasteiger partial charge in [-0.15, -0.1) is 21.8 Å². The summed E-state index contributed by atoms with van der Waals surface area (Å²) in [5, 5.41) is 9.57. The summed E-state index contributed by atoms with van der Waals surface area (Å²) in [4.78, 5) is 18.7. The van der Waals surface area contributed by atoms with Crippen molar-refractivity contribution in [3.8, 4) is 0 Å². The van der Waals surface area contributed by atoms with Gasteiger partial charge in [0.15, 0.2) is 0 Å². The zero-order valence-corrected chi connectivity index (χ0v) is 16.7. The van der Waals surface area contributed by atoms with E-state index in [1.807, 2.05) is 42.5 Å². The Bertz CT molecular complexity index is 819. The second kappa shape index (κ2) is 8.06. The summed E-state index contributed by atoms with van der Waals surface area (Å²) in [6.07, 6.45) is 3.96. The van der Waals surface area contributed by atoms with E-state index in [-0.39, 0.29) is 11.9 Å². The third kappa shape index (κ3) is 4.06. The van der Waals surface area contributed by atoms with Gasteiger partial charge in [-0.1, -0.05) is 53.8 Å². The maximum atomic E-state index is 12.3. The van der Waals surface area contributed by atoms with E-state index in [9.17, 15) is 4.79 Å². The Morgan fingerprint density at radius 1 is 1.19 bits per heavy atom. The van der Waals surface area contributed by atoms with Crippen LogP contribution in [0, 0.1) is 0 Å². The zero-order chi connectivity index (χ0) is 18.8. The molecule has 2 unspecified atom stereocenters. The number of anilines is 1. The van der Waals surface area contributed by atoms with Gasteiger partial charge in [0.2, 0.25) is 11.0 Å². The first-order valence-corrected chi connectivity index (χ1v) is 10.3. The molecule has 2 atom stereocenters. The van der Waals surface area contributed by atoms with Crippen molar-refractivity contribution in [2.75, 3.05) is 38.1 Å². The van der Waals surface area contributed by atoms with Crippen LogP contribution in [0.5, 0.6) is 0 Å². The largest absolute Gasteiger partial charge is 0.304 e. The number of halogens is 1. The fourth-order valence-electron chi connectivity index (χ4n) is 3.26. The van der Waals surface area contributed by atoms with E-state index in [4.69, 9.17) is 11.6 Å². The van der Waals surface area contributed by atoms with Crippen LogP contribution in [0.3, 0.4) is 0 Å². The van der Waals surface area contributed by atoms with Crippen LogP contribution >= 0.6 is 22.9 Å². The minimum absolute atomic E-state index is 0.110. The molecule has 0 spiro atoms. The number of hydrogen-bond acceptors (Lipinski definition) is 6. The zero-order valence-electron chi connectivity index (χ0n) is 15.2. The molecule has 1 aromatic heterocycles. The highest BCUT2D eigenvalue weighted by Crippen LogP contribution is 2.34. The molecule has 0 aliphatic carbocycles. The van der Waals surface area contributed by atoms with Crippen LogP contribution in [-0.4, -0.2) is 70.5 Å². The van der Waals surface area contributed by atoms with Crippen LogP contribution in [0.15, 0.2) is 36.4 Å². The van der Waals surface area contributed by atoms with E-state index in [0.29, 0.717) is 5.13 Å². The number of benzene rings is 1. The summed E-state index contributed by atoms with van der Waals surface area (Å²) < 4.78 is 0. The number of nitrogens with zero attached hydrogens (tertiary/aromatic N) is 5. The summed E-state index contributed by atoms with van der Waals surface area (Å²) in [6.45, 7) is 4.97. The van der Waals surface area contributed by atoms with Gasteiger partial charge in [0.1, 0.15) is 10.4 Å². The van der Waals surface area contributed by atoms with Crippen molar-refractivity contribution in [1.82, 2.24) is 20.0 Å². The molecule has 4 rings (SSSR count). The summed E-state index contributed by atoms with van der Waals surface area (Å²) in [7, 11) is 2.14. The number of carbonyl (C=O) groups is 1. The Kier molecular flexibility index (Phi) is 5.54. The van der Waals surface area contributed by atoms with E-state index in [2.05, 4.69) is 27.0 Å². The SMILES string of the molecule is CN1CCN(Cc2nnc(N3C(=O)C(Cl)C3/C=C/c3ccccc3)s2)CC1. The van der Waals surface area contributed by atoms with Crippen LogP contribution in [0.25, 0.3) is 6.08 Å². The van der Waals surface area contributed by atoms with Crippen LogP contribution in [0.1, 0.15) is 10.6 Å². The Labute approximate surface area is 168 Å². The molecular weight excluding hydrogens is 382 g/mol. The van der Waals surface area contributed by atoms with Crippen molar-refractivity contribution >= 4 is 40.1 Å². The lowest BCUT2D eigenvalue weighted by atomic mass is 10.0. The van der Waals surface area contributed by atoms with E-state index >= 15 is 0 Å². The molecule has 2 fully saturated rings. The molecule has 6 nitrogen and oxygen atoms in total. The van der Waals surface area contributed by atoms with Crippen molar-refractivity contribution in [2.45, 2.75) is 18.0 Å². The molecule has 0 N–H and O–H groups in total. The number of carbonyl (C=O) groups excluding carboxylic acids is 1. The molecule has 3 heterocycles. The highest BCUT2D eigenvalue weighted by Gasteiger charge is 2.47. The normalized spacial score (nSPS) is 24.5. The van der Waals surface area contributed by atoms with Gasteiger partial charge < -0.3 is 4.90 Å². The predicted molar refractivity (Wildman–Crippen MR) is 109 cm³/mol. The maximum Gasteiger partial charge on any atom is 0.249 e. The lowest BCUT2D eigenvalue weighted by Gasteiger charge is -2.40. The van der Waals surface area contributed by atoms with Gasteiger partial charge in [-0.05, 0) is 12.6 Å². The number of β-lactam (4-membered cyclic amide) rings is 1. The highest BCUT2D eigenvalue weighted by molar-refractivity contribution is 7.15. The number of rotatable bonds is 5. The molecule has 2 aromatic rings. The van der Waals surface area contributed by atoms with Gasteiger partial charge in [-0.3, -0.25) is 14.6 Å². The lowest BCUT2D eigenvalue weighted by molar-refractivity contribution is -0.122. The molecule has 2 aliphatic heterocycles. The van der Waals surface area contributed by atoms with E-state index in [1.54, 1.807) is 4.90 Å². The quantitative estimate of drug-likeness (QED) is 0.566. The topological polar surface area (TPSA) is 52.6 Å². The fraction of sp³-hybridized carbons (Fsp3) is 0.421. The Balaban J connectivity index is 1.43. The highest BCUT2D eigenvalue weighted by atomic mass is 35.5. The standard InChI is InChI=1S/C19H22ClN5OS/c1-23-9-11-24(12-10-23)13-16-21-22-19(27-16)25-15(17(20)18(25)26)8-7-14-5-3-2-4-6-14/h2-8,15,17H,9-13H2,1H3/b8-7+. The fourth-order valence-corrected chi connectivity index (χ4v) is 4.49. The minimum atomic E-state index is -0.546. The molecule has 27 heavy (non-hydrogen) atoms. The first-order chi connectivity index (χ1) is 13.1. The molecule has 1 aromatic carbocycles. The van der Waals surface area contributed by atoms with Crippen molar-refractivity contribution in [3.05, 3.63) is 47.0 Å². The van der Waals surface area contributed by atoms with Crippen molar-refractivity contribution in [1.29, 1.82) is 0 Å². The van der Waals surface area contributed by atoms with Crippen LogP contribution in [0.4, 0.5) is 5.13 Å². The number of aromatic nitrogens is 2. The second-order valence-electron chi connectivity index (χ2n) is 6.93. The first kappa shape index (κ1) is 18.6. The van der Waals surface area contributed by atoms with Gasteiger partial charge in [0.25, 0.3) is 0 Å².